The molecule has 1 aliphatic heterocycles. The summed E-state index contributed by atoms with van der Waals surface area (Å²) in [5, 5.41) is 0. The highest BCUT2D eigenvalue weighted by Gasteiger charge is 2.19. The molecule has 0 amide bonds. The SMILES string of the molecule is O=c1n2c3c(cccc3n1-c1ccccc1)CCC2. The van der Waals surface area contributed by atoms with Crippen LogP contribution in [0.5, 0.6) is 0 Å². The number of benzene rings is 2. The smallest absolute Gasteiger partial charge is 0.291 e. The predicted octanol–water partition coefficient (Wildman–Crippen LogP) is 2.74. The van der Waals surface area contributed by atoms with Crippen LogP contribution in [0.1, 0.15) is 12.0 Å². The van der Waals surface area contributed by atoms with Crippen LogP contribution in [0, 0.1) is 0 Å². The summed E-state index contributed by atoms with van der Waals surface area (Å²) in [7, 11) is 0. The van der Waals surface area contributed by atoms with Crippen LogP contribution < -0.4 is 5.69 Å². The van der Waals surface area contributed by atoms with Crippen molar-refractivity contribution in [3.05, 3.63) is 64.6 Å². The van der Waals surface area contributed by atoms with Crippen molar-refractivity contribution in [2.24, 2.45) is 0 Å². The molecule has 3 nitrogen and oxygen atoms in total. The number of hydrogen-bond donors (Lipinski definition) is 0. The predicted molar refractivity (Wildman–Crippen MR) is 75.9 cm³/mol. The minimum atomic E-state index is 0.0772. The zero-order valence-corrected chi connectivity index (χ0v) is 10.5. The van der Waals surface area contributed by atoms with Gasteiger partial charge in [-0.05, 0) is 36.6 Å². The van der Waals surface area contributed by atoms with Gasteiger partial charge in [0, 0.05) is 6.54 Å². The number of rotatable bonds is 1. The Balaban J connectivity index is 2.16. The quantitative estimate of drug-likeness (QED) is 0.652. The molecule has 2 heterocycles. The normalized spacial score (nSPS) is 13.9. The maximum Gasteiger partial charge on any atom is 0.333 e. The van der Waals surface area contributed by atoms with Gasteiger partial charge in [-0.25, -0.2) is 4.79 Å². The van der Waals surface area contributed by atoms with Crippen molar-refractivity contribution >= 4 is 11.0 Å². The molecule has 1 aromatic heterocycles. The molecule has 19 heavy (non-hydrogen) atoms. The molecular formula is C16H14N2O. The molecule has 0 unspecified atom stereocenters. The van der Waals surface area contributed by atoms with Gasteiger partial charge in [0.2, 0.25) is 0 Å². The molecule has 0 atom stereocenters. The average molecular weight is 250 g/mol. The lowest BCUT2D eigenvalue weighted by Gasteiger charge is -2.12. The molecule has 0 spiro atoms. The van der Waals surface area contributed by atoms with Crippen LogP contribution in [0.2, 0.25) is 0 Å². The Hall–Kier alpha value is -2.29. The minimum Gasteiger partial charge on any atom is -0.291 e. The van der Waals surface area contributed by atoms with Gasteiger partial charge in [0.25, 0.3) is 0 Å². The lowest BCUT2D eigenvalue weighted by atomic mass is 10.0. The first-order valence-electron chi connectivity index (χ1n) is 6.65. The largest absolute Gasteiger partial charge is 0.333 e. The van der Waals surface area contributed by atoms with E-state index in [-0.39, 0.29) is 5.69 Å². The third-order valence-corrected chi connectivity index (χ3v) is 3.87. The maximum atomic E-state index is 12.6. The minimum absolute atomic E-state index is 0.0772. The topological polar surface area (TPSA) is 26.9 Å². The molecule has 3 aromatic rings. The number of hydrogen-bond acceptors (Lipinski definition) is 1. The van der Waals surface area contributed by atoms with E-state index in [1.165, 1.54) is 5.56 Å². The molecule has 0 bridgehead atoms. The number of imidazole rings is 1. The van der Waals surface area contributed by atoms with E-state index in [0.717, 1.165) is 36.1 Å². The molecule has 0 saturated carbocycles. The Bertz CT molecular complexity index is 812. The van der Waals surface area contributed by atoms with Gasteiger partial charge in [-0.15, -0.1) is 0 Å². The second-order valence-corrected chi connectivity index (χ2v) is 4.99. The van der Waals surface area contributed by atoms with Gasteiger partial charge in [0.1, 0.15) is 0 Å². The molecule has 0 N–H and O–H groups in total. The second-order valence-electron chi connectivity index (χ2n) is 4.99. The fraction of sp³-hybridized carbons (Fsp3) is 0.188. The van der Waals surface area contributed by atoms with E-state index in [4.69, 9.17) is 0 Å². The number of aryl methyl sites for hydroxylation is 2. The fourth-order valence-electron chi connectivity index (χ4n) is 3.05. The van der Waals surface area contributed by atoms with E-state index in [2.05, 4.69) is 6.07 Å². The molecule has 0 fully saturated rings. The van der Waals surface area contributed by atoms with Gasteiger partial charge in [-0.2, -0.15) is 0 Å². The second kappa shape index (κ2) is 3.85. The lowest BCUT2D eigenvalue weighted by molar-refractivity contribution is 0.609. The first kappa shape index (κ1) is 10.6. The van der Waals surface area contributed by atoms with Crippen molar-refractivity contribution in [1.29, 1.82) is 0 Å². The van der Waals surface area contributed by atoms with E-state index >= 15 is 0 Å². The molecule has 3 heteroatoms. The van der Waals surface area contributed by atoms with Crippen molar-refractivity contribution in [2.75, 3.05) is 0 Å². The number of para-hydroxylation sites is 2. The van der Waals surface area contributed by atoms with Crippen LogP contribution in [-0.2, 0) is 13.0 Å². The molecule has 4 rings (SSSR count). The van der Waals surface area contributed by atoms with Crippen LogP contribution in [0.15, 0.2) is 53.3 Å². The Kier molecular flexibility index (Phi) is 2.15. The lowest BCUT2D eigenvalue weighted by Crippen LogP contribution is -2.24. The molecule has 2 aromatic carbocycles. The van der Waals surface area contributed by atoms with E-state index < -0.39 is 0 Å². The van der Waals surface area contributed by atoms with Crippen molar-refractivity contribution in [3.63, 3.8) is 0 Å². The highest BCUT2D eigenvalue weighted by Crippen LogP contribution is 2.25. The van der Waals surface area contributed by atoms with Crippen LogP contribution in [-0.4, -0.2) is 9.13 Å². The van der Waals surface area contributed by atoms with Gasteiger partial charge in [-0.1, -0.05) is 30.3 Å². The summed E-state index contributed by atoms with van der Waals surface area (Å²) in [6.45, 7) is 0.826. The first-order chi connectivity index (χ1) is 9.36. The van der Waals surface area contributed by atoms with E-state index in [0.29, 0.717) is 0 Å². The summed E-state index contributed by atoms with van der Waals surface area (Å²) in [5.74, 6) is 0. The summed E-state index contributed by atoms with van der Waals surface area (Å²) < 4.78 is 3.74. The van der Waals surface area contributed by atoms with Crippen molar-refractivity contribution < 1.29 is 0 Å². The van der Waals surface area contributed by atoms with Crippen molar-refractivity contribution in [3.8, 4) is 5.69 Å². The first-order valence-corrected chi connectivity index (χ1v) is 6.65. The van der Waals surface area contributed by atoms with E-state index in [1.807, 2.05) is 51.6 Å². The zero-order chi connectivity index (χ0) is 12.8. The summed E-state index contributed by atoms with van der Waals surface area (Å²) in [6.07, 6.45) is 2.11. The van der Waals surface area contributed by atoms with E-state index in [1.54, 1.807) is 0 Å². The Labute approximate surface area is 110 Å². The average Bonchev–Trinajstić information content (AvgIpc) is 2.76. The maximum absolute atomic E-state index is 12.6. The summed E-state index contributed by atoms with van der Waals surface area (Å²) >= 11 is 0. The van der Waals surface area contributed by atoms with Crippen molar-refractivity contribution in [2.45, 2.75) is 19.4 Å². The summed E-state index contributed by atoms with van der Waals surface area (Å²) in [4.78, 5) is 12.6. The Morgan fingerprint density at radius 3 is 2.63 bits per heavy atom. The highest BCUT2D eigenvalue weighted by atomic mass is 16.1. The standard InChI is InChI=1S/C16H14N2O/c19-16-17-11-5-7-12-6-4-10-14(15(12)17)18(16)13-8-2-1-3-9-13/h1-4,6,8-10H,5,7,11H2. The van der Waals surface area contributed by atoms with Crippen LogP contribution in [0.25, 0.3) is 16.7 Å². The van der Waals surface area contributed by atoms with Crippen molar-refractivity contribution in [1.82, 2.24) is 9.13 Å². The number of aromatic nitrogens is 2. The summed E-state index contributed by atoms with van der Waals surface area (Å²) in [6, 6.07) is 16.1. The molecule has 0 saturated heterocycles. The highest BCUT2D eigenvalue weighted by molar-refractivity contribution is 5.82. The molecule has 1 aliphatic rings. The third-order valence-electron chi connectivity index (χ3n) is 3.87. The Morgan fingerprint density at radius 2 is 1.79 bits per heavy atom. The number of nitrogens with zero attached hydrogens (tertiary/aromatic N) is 2. The molecule has 0 aliphatic carbocycles. The Morgan fingerprint density at radius 1 is 0.947 bits per heavy atom. The van der Waals surface area contributed by atoms with Crippen LogP contribution >= 0.6 is 0 Å². The van der Waals surface area contributed by atoms with E-state index in [9.17, 15) is 4.79 Å². The summed E-state index contributed by atoms with van der Waals surface area (Å²) in [5.41, 5.74) is 4.44. The fourth-order valence-corrected chi connectivity index (χ4v) is 3.05. The van der Waals surface area contributed by atoms with Crippen LogP contribution in [0.4, 0.5) is 0 Å². The molecule has 94 valence electrons. The monoisotopic (exact) mass is 250 g/mol. The van der Waals surface area contributed by atoms with Gasteiger partial charge in [0.15, 0.2) is 0 Å². The van der Waals surface area contributed by atoms with Gasteiger partial charge < -0.3 is 0 Å². The van der Waals surface area contributed by atoms with Gasteiger partial charge in [-0.3, -0.25) is 9.13 Å². The van der Waals surface area contributed by atoms with Crippen LogP contribution in [0.3, 0.4) is 0 Å². The molecule has 0 radical (unpaired) electrons. The zero-order valence-electron chi connectivity index (χ0n) is 10.5. The third kappa shape index (κ3) is 1.41. The molecular weight excluding hydrogens is 236 g/mol. The van der Waals surface area contributed by atoms with Gasteiger partial charge >= 0.3 is 5.69 Å². The van der Waals surface area contributed by atoms with Gasteiger partial charge in [0.05, 0.1) is 16.7 Å².